The molecule has 122 valence electrons. The molecule has 1 amide bonds. The lowest BCUT2D eigenvalue weighted by Crippen LogP contribution is -2.38. The molecule has 4 heteroatoms. The van der Waals surface area contributed by atoms with E-state index in [4.69, 9.17) is 9.47 Å². The summed E-state index contributed by atoms with van der Waals surface area (Å²) in [6.45, 7) is 7.80. The van der Waals surface area contributed by atoms with Crippen molar-refractivity contribution in [2.45, 2.75) is 46.1 Å². The molecule has 1 aromatic carbocycles. The average molecular weight is 305 g/mol. The molecule has 0 bridgehead atoms. The molecule has 0 radical (unpaired) electrons. The molecule has 0 aliphatic heterocycles. The fourth-order valence-corrected chi connectivity index (χ4v) is 2.36. The highest BCUT2D eigenvalue weighted by molar-refractivity contribution is 5.78. The van der Waals surface area contributed by atoms with Crippen molar-refractivity contribution in [1.82, 2.24) is 4.90 Å². The van der Waals surface area contributed by atoms with Gasteiger partial charge in [0.25, 0.3) is 5.91 Å². The molecule has 1 saturated carbocycles. The third-order valence-electron chi connectivity index (χ3n) is 3.76. The van der Waals surface area contributed by atoms with Crippen LogP contribution in [0.3, 0.4) is 0 Å². The van der Waals surface area contributed by atoms with Crippen LogP contribution in [0.1, 0.15) is 40.0 Å². The van der Waals surface area contributed by atoms with Crippen molar-refractivity contribution in [2.75, 3.05) is 19.8 Å². The van der Waals surface area contributed by atoms with E-state index in [1.54, 1.807) is 0 Å². The summed E-state index contributed by atoms with van der Waals surface area (Å²) in [4.78, 5) is 14.4. The molecule has 1 aromatic rings. The first-order valence-corrected chi connectivity index (χ1v) is 8.26. The van der Waals surface area contributed by atoms with Crippen molar-refractivity contribution >= 4 is 5.91 Å². The van der Waals surface area contributed by atoms with Gasteiger partial charge in [-0.15, -0.1) is 0 Å². The Hall–Kier alpha value is -1.71. The van der Waals surface area contributed by atoms with Gasteiger partial charge in [0, 0.05) is 12.6 Å². The van der Waals surface area contributed by atoms with Gasteiger partial charge in [0.05, 0.1) is 6.61 Å². The number of rotatable bonds is 9. The van der Waals surface area contributed by atoms with Gasteiger partial charge in [-0.1, -0.05) is 26.0 Å². The molecule has 4 nitrogen and oxygen atoms in total. The van der Waals surface area contributed by atoms with Crippen LogP contribution >= 0.6 is 0 Å². The van der Waals surface area contributed by atoms with Crippen LogP contribution in [0.4, 0.5) is 0 Å². The fourth-order valence-electron chi connectivity index (χ4n) is 2.36. The number of para-hydroxylation sites is 2. The summed E-state index contributed by atoms with van der Waals surface area (Å²) in [5.74, 6) is 2.01. The molecule has 0 atom stereocenters. The van der Waals surface area contributed by atoms with Crippen molar-refractivity contribution < 1.29 is 14.3 Å². The monoisotopic (exact) mass is 305 g/mol. The topological polar surface area (TPSA) is 38.8 Å². The van der Waals surface area contributed by atoms with Crippen molar-refractivity contribution in [1.29, 1.82) is 0 Å². The Morgan fingerprint density at radius 2 is 1.86 bits per heavy atom. The van der Waals surface area contributed by atoms with Crippen LogP contribution in [-0.4, -0.2) is 36.6 Å². The number of nitrogens with zero attached hydrogens (tertiary/aromatic N) is 1. The molecule has 0 spiro atoms. The molecule has 0 N–H and O–H groups in total. The Morgan fingerprint density at radius 1 is 1.23 bits per heavy atom. The predicted molar refractivity (Wildman–Crippen MR) is 87.3 cm³/mol. The molecule has 0 saturated heterocycles. The van der Waals surface area contributed by atoms with E-state index in [9.17, 15) is 4.79 Å². The SMILES string of the molecule is CCOc1ccccc1OCC(=O)N(CCC(C)C)C1CC1. The molecule has 2 rings (SSSR count). The van der Waals surface area contributed by atoms with E-state index in [1.165, 1.54) is 0 Å². The van der Waals surface area contributed by atoms with E-state index < -0.39 is 0 Å². The van der Waals surface area contributed by atoms with Gasteiger partial charge < -0.3 is 14.4 Å². The van der Waals surface area contributed by atoms with Gasteiger partial charge >= 0.3 is 0 Å². The van der Waals surface area contributed by atoms with Crippen molar-refractivity contribution in [3.63, 3.8) is 0 Å². The van der Waals surface area contributed by atoms with Gasteiger partial charge in [-0.05, 0) is 44.2 Å². The first-order valence-electron chi connectivity index (χ1n) is 8.26. The second kappa shape index (κ2) is 8.06. The zero-order valence-corrected chi connectivity index (χ0v) is 13.9. The van der Waals surface area contributed by atoms with Gasteiger partial charge in [0.2, 0.25) is 0 Å². The van der Waals surface area contributed by atoms with E-state index in [2.05, 4.69) is 13.8 Å². The highest BCUT2D eigenvalue weighted by Crippen LogP contribution is 2.29. The number of amides is 1. The van der Waals surface area contributed by atoms with Gasteiger partial charge in [-0.25, -0.2) is 0 Å². The standard InChI is InChI=1S/C18H27NO3/c1-4-21-16-7-5-6-8-17(16)22-13-18(20)19(15-9-10-15)12-11-14(2)3/h5-8,14-15H,4,9-13H2,1-3H3. The van der Waals surface area contributed by atoms with Crippen molar-refractivity contribution in [2.24, 2.45) is 5.92 Å². The van der Waals surface area contributed by atoms with Crippen LogP contribution < -0.4 is 9.47 Å². The summed E-state index contributed by atoms with van der Waals surface area (Å²) in [6.07, 6.45) is 3.29. The van der Waals surface area contributed by atoms with Crippen LogP contribution in [0.15, 0.2) is 24.3 Å². The minimum Gasteiger partial charge on any atom is -0.490 e. The van der Waals surface area contributed by atoms with Crippen LogP contribution in [0.2, 0.25) is 0 Å². The maximum absolute atomic E-state index is 12.4. The van der Waals surface area contributed by atoms with Crippen LogP contribution in [0.5, 0.6) is 11.5 Å². The van der Waals surface area contributed by atoms with Gasteiger partial charge in [-0.3, -0.25) is 4.79 Å². The van der Waals surface area contributed by atoms with Crippen LogP contribution in [-0.2, 0) is 4.79 Å². The highest BCUT2D eigenvalue weighted by atomic mass is 16.5. The maximum Gasteiger partial charge on any atom is 0.260 e. The second-order valence-corrected chi connectivity index (χ2v) is 6.17. The third-order valence-corrected chi connectivity index (χ3v) is 3.76. The largest absolute Gasteiger partial charge is 0.490 e. The fraction of sp³-hybridized carbons (Fsp3) is 0.611. The van der Waals surface area contributed by atoms with Gasteiger partial charge in [0.15, 0.2) is 18.1 Å². The average Bonchev–Trinajstić information content (AvgIpc) is 3.31. The predicted octanol–water partition coefficient (Wildman–Crippen LogP) is 3.50. The highest BCUT2D eigenvalue weighted by Gasteiger charge is 2.32. The quantitative estimate of drug-likeness (QED) is 0.701. The normalized spacial score (nSPS) is 14.0. The van der Waals surface area contributed by atoms with E-state index in [0.717, 1.165) is 25.8 Å². The number of carbonyl (C=O) groups is 1. The van der Waals surface area contributed by atoms with Gasteiger partial charge in [0.1, 0.15) is 0 Å². The number of hydrogen-bond donors (Lipinski definition) is 0. The number of carbonyl (C=O) groups excluding carboxylic acids is 1. The molecular weight excluding hydrogens is 278 g/mol. The molecule has 1 aliphatic rings. The molecule has 0 aromatic heterocycles. The maximum atomic E-state index is 12.4. The van der Waals surface area contributed by atoms with Gasteiger partial charge in [-0.2, -0.15) is 0 Å². The number of hydrogen-bond acceptors (Lipinski definition) is 3. The van der Waals surface area contributed by atoms with E-state index in [0.29, 0.717) is 30.1 Å². The van der Waals surface area contributed by atoms with Crippen molar-refractivity contribution in [3.05, 3.63) is 24.3 Å². The molecule has 1 aliphatic carbocycles. The molecule has 0 unspecified atom stereocenters. The van der Waals surface area contributed by atoms with E-state index >= 15 is 0 Å². The summed E-state index contributed by atoms with van der Waals surface area (Å²) < 4.78 is 11.2. The number of benzene rings is 1. The lowest BCUT2D eigenvalue weighted by molar-refractivity contribution is -0.134. The van der Waals surface area contributed by atoms with Crippen LogP contribution in [0, 0.1) is 5.92 Å². The number of ether oxygens (including phenoxy) is 2. The minimum absolute atomic E-state index is 0.0782. The lowest BCUT2D eigenvalue weighted by atomic mass is 10.1. The Kier molecular flexibility index (Phi) is 6.10. The zero-order chi connectivity index (χ0) is 15.9. The summed E-state index contributed by atoms with van der Waals surface area (Å²) in [7, 11) is 0. The Balaban J connectivity index is 1.90. The Bertz CT molecular complexity index is 483. The first-order chi connectivity index (χ1) is 10.6. The Morgan fingerprint density at radius 3 is 2.41 bits per heavy atom. The molecular formula is C18H27NO3. The summed E-state index contributed by atoms with van der Waals surface area (Å²) in [6, 6.07) is 7.92. The molecule has 0 heterocycles. The molecule has 22 heavy (non-hydrogen) atoms. The summed E-state index contributed by atoms with van der Waals surface area (Å²) in [5.41, 5.74) is 0. The first kappa shape index (κ1) is 16.7. The van der Waals surface area contributed by atoms with E-state index in [1.807, 2.05) is 36.1 Å². The lowest BCUT2D eigenvalue weighted by Gasteiger charge is -2.23. The second-order valence-electron chi connectivity index (χ2n) is 6.17. The minimum atomic E-state index is 0.0782. The Labute approximate surface area is 133 Å². The zero-order valence-electron chi connectivity index (χ0n) is 13.9. The smallest absolute Gasteiger partial charge is 0.260 e. The van der Waals surface area contributed by atoms with Crippen LogP contribution in [0.25, 0.3) is 0 Å². The third kappa shape index (κ3) is 4.93. The van der Waals surface area contributed by atoms with Crippen molar-refractivity contribution in [3.8, 4) is 11.5 Å². The molecule has 1 fully saturated rings. The summed E-state index contributed by atoms with van der Waals surface area (Å²) in [5, 5.41) is 0. The van der Waals surface area contributed by atoms with E-state index in [-0.39, 0.29) is 12.5 Å². The summed E-state index contributed by atoms with van der Waals surface area (Å²) >= 11 is 0.